The first-order valence-electron chi connectivity index (χ1n) is 5.15. The fraction of sp³-hybridized carbons (Fsp3) is 0.727. The second-order valence-electron chi connectivity index (χ2n) is 3.43. The Morgan fingerprint density at radius 1 is 1.40 bits per heavy atom. The lowest BCUT2D eigenvalue weighted by molar-refractivity contribution is -0.139. The zero-order valence-electron chi connectivity index (χ0n) is 9.91. The molecule has 0 aliphatic carbocycles. The monoisotopic (exact) mass is 215 g/mol. The van der Waals surface area contributed by atoms with Crippen LogP contribution in [0.5, 0.6) is 0 Å². The van der Waals surface area contributed by atoms with Crippen LogP contribution in [0, 0.1) is 0 Å². The summed E-state index contributed by atoms with van der Waals surface area (Å²) in [4.78, 5) is 13.0. The number of nitrogens with zero attached hydrogens (tertiary/aromatic N) is 1. The summed E-state index contributed by atoms with van der Waals surface area (Å²) >= 11 is 0. The Labute approximate surface area is 91.8 Å². The summed E-state index contributed by atoms with van der Waals surface area (Å²) in [5.74, 6) is -0.131. The first-order chi connectivity index (χ1) is 7.13. The number of hydrogen-bond donors (Lipinski definition) is 0. The minimum atomic E-state index is -0.131. The summed E-state index contributed by atoms with van der Waals surface area (Å²) in [5.41, 5.74) is 0.492. The molecule has 0 aromatic rings. The Kier molecular flexibility index (Phi) is 7.95. The van der Waals surface area contributed by atoms with Gasteiger partial charge in [0.1, 0.15) is 13.5 Å². The zero-order valence-corrected chi connectivity index (χ0v) is 9.91. The quantitative estimate of drug-likeness (QED) is 0.352. The lowest BCUT2D eigenvalue weighted by Crippen LogP contribution is -2.35. The number of carbonyl (C=O) groups is 1. The highest BCUT2D eigenvalue weighted by atomic mass is 16.5. The standard InChI is InChI=1S/C11H21NO3/c1-5-6-7-15-9-12(8-14-4)11(13)10(2)3/h2,5-9H2,1,3-4H3. The summed E-state index contributed by atoms with van der Waals surface area (Å²) in [5, 5.41) is 0. The van der Waals surface area contributed by atoms with E-state index in [0.29, 0.717) is 12.2 Å². The van der Waals surface area contributed by atoms with Gasteiger partial charge in [-0.25, -0.2) is 0 Å². The molecule has 1 amide bonds. The van der Waals surface area contributed by atoms with E-state index < -0.39 is 0 Å². The van der Waals surface area contributed by atoms with E-state index in [9.17, 15) is 4.79 Å². The van der Waals surface area contributed by atoms with Crippen molar-refractivity contribution in [1.29, 1.82) is 0 Å². The lowest BCUT2D eigenvalue weighted by Gasteiger charge is -2.21. The molecule has 4 nitrogen and oxygen atoms in total. The summed E-state index contributed by atoms with van der Waals surface area (Å²) < 4.78 is 10.3. The third-order valence-electron chi connectivity index (χ3n) is 1.83. The zero-order chi connectivity index (χ0) is 11.7. The van der Waals surface area contributed by atoms with Crippen LogP contribution in [0.15, 0.2) is 12.2 Å². The van der Waals surface area contributed by atoms with Gasteiger partial charge < -0.3 is 9.47 Å². The van der Waals surface area contributed by atoms with Crippen LogP contribution in [0.1, 0.15) is 26.7 Å². The maximum atomic E-state index is 11.6. The van der Waals surface area contributed by atoms with E-state index in [0.717, 1.165) is 12.8 Å². The number of methoxy groups -OCH3 is 1. The van der Waals surface area contributed by atoms with E-state index in [1.54, 1.807) is 14.0 Å². The first kappa shape index (κ1) is 14.1. The van der Waals surface area contributed by atoms with Gasteiger partial charge in [-0.15, -0.1) is 0 Å². The highest BCUT2D eigenvalue weighted by molar-refractivity contribution is 5.91. The molecule has 4 heteroatoms. The van der Waals surface area contributed by atoms with Gasteiger partial charge in [-0.2, -0.15) is 0 Å². The summed E-state index contributed by atoms with van der Waals surface area (Å²) in [6, 6.07) is 0. The highest BCUT2D eigenvalue weighted by Gasteiger charge is 2.13. The Morgan fingerprint density at radius 3 is 2.53 bits per heavy atom. The van der Waals surface area contributed by atoms with Gasteiger partial charge in [0.2, 0.25) is 0 Å². The van der Waals surface area contributed by atoms with Crippen molar-refractivity contribution in [2.75, 3.05) is 27.2 Å². The topological polar surface area (TPSA) is 38.8 Å². The fourth-order valence-electron chi connectivity index (χ4n) is 1.00. The van der Waals surface area contributed by atoms with Gasteiger partial charge in [-0.05, 0) is 13.3 Å². The molecule has 0 fully saturated rings. The summed E-state index contributed by atoms with van der Waals surface area (Å²) in [6.45, 7) is 8.53. The van der Waals surface area contributed by atoms with Crippen LogP contribution in [0.2, 0.25) is 0 Å². The number of hydrogen-bond acceptors (Lipinski definition) is 3. The van der Waals surface area contributed by atoms with Crippen molar-refractivity contribution in [1.82, 2.24) is 4.90 Å². The molecular formula is C11H21NO3. The van der Waals surface area contributed by atoms with Crippen LogP contribution in [0.25, 0.3) is 0 Å². The molecule has 88 valence electrons. The number of carbonyl (C=O) groups excluding carboxylic acids is 1. The van der Waals surface area contributed by atoms with E-state index >= 15 is 0 Å². The van der Waals surface area contributed by atoms with Crippen LogP contribution >= 0.6 is 0 Å². The molecule has 0 heterocycles. The van der Waals surface area contributed by atoms with Crippen LogP contribution in [0.3, 0.4) is 0 Å². The van der Waals surface area contributed by atoms with Crippen LogP contribution in [0.4, 0.5) is 0 Å². The van der Waals surface area contributed by atoms with E-state index in [1.165, 1.54) is 4.90 Å². The first-order valence-corrected chi connectivity index (χ1v) is 5.15. The van der Waals surface area contributed by atoms with Crippen LogP contribution in [-0.4, -0.2) is 38.0 Å². The van der Waals surface area contributed by atoms with Gasteiger partial charge in [0, 0.05) is 19.3 Å². The van der Waals surface area contributed by atoms with Gasteiger partial charge in [-0.3, -0.25) is 9.69 Å². The van der Waals surface area contributed by atoms with Crippen molar-refractivity contribution in [2.24, 2.45) is 0 Å². The molecule has 0 aromatic carbocycles. The van der Waals surface area contributed by atoms with E-state index in [1.807, 2.05) is 0 Å². The molecule has 0 aromatic heterocycles. The summed E-state index contributed by atoms with van der Waals surface area (Å²) in [6.07, 6.45) is 2.08. The average molecular weight is 215 g/mol. The van der Waals surface area contributed by atoms with E-state index in [2.05, 4.69) is 13.5 Å². The summed E-state index contributed by atoms with van der Waals surface area (Å²) in [7, 11) is 1.55. The molecule has 15 heavy (non-hydrogen) atoms. The van der Waals surface area contributed by atoms with Crippen molar-refractivity contribution < 1.29 is 14.3 Å². The molecule has 0 saturated heterocycles. The van der Waals surface area contributed by atoms with Crippen LogP contribution in [-0.2, 0) is 14.3 Å². The third-order valence-corrected chi connectivity index (χ3v) is 1.83. The second-order valence-corrected chi connectivity index (χ2v) is 3.43. The minimum Gasteiger partial charge on any atom is -0.364 e. The number of ether oxygens (including phenoxy) is 2. The Morgan fingerprint density at radius 2 is 2.07 bits per heavy atom. The molecule has 0 atom stereocenters. The minimum absolute atomic E-state index is 0.131. The predicted molar refractivity (Wildman–Crippen MR) is 59.3 cm³/mol. The Balaban J connectivity index is 3.93. The molecule has 0 aliphatic heterocycles. The van der Waals surface area contributed by atoms with Gasteiger partial charge in [0.25, 0.3) is 5.91 Å². The van der Waals surface area contributed by atoms with Gasteiger partial charge in [-0.1, -0.05) is 19.9 Å². The molecule has 0 bridgehead atoms. The molecule has 0 spiro atoms. The van der Waals surface area contributed by atoms with Gasteiger partial charge in [0.05, 0.1) is 0 Å². The average Bonchev–Trinajstić information content (AvgIpc) is 2.21. The lowest BCUT2D eigenvalue weighted by atomic mass is 10.3. The largest absolute Gasteiger partial charge is 0.364 e. The van der Waals surface area contributed by atoms with Gasteiger partial charge in [0.15, 0.2) is 0 Å². The Hall–Kier alpha value is -0.870. The van der Waals surface area contributed by atoms with E-state index in [-0.39, 0.29) is 19.4 Å². The molecule has 0 radical (unpaired) electrons. The molecule has 0 aliphatic rings. The smallest absolute Gasteiger partial charge is 0.252 e. The molecule has 0 unspecified atom stereocenters. The number of amides is 1. The highest BCUT2D eigenvalue weighted by Crippen LogP contribution is 2.00. The SMILES string of the molecule is C=C(C)C(=O)N(COC)COCCCC. The molecule has 0 N–H and O–H groups in total. The maximum Gasteiger partial charge on any atom is 0.252 e. The third kappa shape index (κ3) is 6.25. The molecule has 0 saturated carbocycles. The van der Waals surface area contributed by atoms with Crippen molar-refractivity contribution in [2.45, 2.75) is 26.7 Å². The number of unbranched alkanes of at least 4 members (excludes halogenated alkanes) is 1. The van der Waals surface area contributed by atoms with Crippen LogP contribution < -0.4 is 0 Å². The normalized spacial score (nSPS) is 10.1. The van der Waals surface area contributed by atoms with Crippen molar-refractivity contribution >= 4 is 5.91 Å². The van der Waals surface area contributed by atoms with Gasteiger partial charge >= 0.3 is 0 Å². The maximum absolute atomic E-state index is 11.6. The predicted octanol–water partition coefficient (Wildman–Crippen LogP) is 1.77. The van der Waals surface area contributed by atoms with Crippen molar-refractivity contribution in [3.63, 3.8) is 0 Å². The molecular weight excluding hydrogens is 194 g/mol. The fourth-order valence-corrected chi connectivity index (χ4v) is 1.00. The van der Waals surface area contributed by atoms with E-state index in [4.69, 9.17) is 9.47 Å². The second kappa shape index (κ2) is 8.44. The molecule has 0 rings (SSSR count). The Bertz CT molecular complexity index is 204. The van der Waals surface area contributed by atoms with Crippen molar-refractivity contribution in [3.8, 4) is 0 Å². The number of rotatable bonds is 8. The van der Waals surface area contributed by atoms with Crippen molar-refractivity contribution in [3.05, 3.63) is 12.2 Å².